The van der Waals surface area contributed by atoms with Crippen LogP contribution >= 0.6 is 0 Å². The molecule has 27 heavy (non-hydrogen) atoms. The zero-order chi connectivity index (χ0) is 21.2. The SMILES string of the molecule is CC(C)[Si](OC[C@@H](C)[C@H](O)[C@H](C)[C@@H]1OC(C)(C)OC[C@H]1C)(C(C)C)C(C)C. The Kier molecular flexibility index (Phi) is 9.02. The van der Waals surface area contributed by atoms with Crippen LogP contribution < -0.4 is 0 Å². The van der Waals surface area contributed by atoms with Gasteiger partial charge in [0.05, 0.1) is 18.8 Å². The summed E-state index contributed by atoms with van der Waals surface area (Å²) in [4.78, 5) is 0. The van der Waals surface area contributed by atoms with Crippen LogP contribution in [-0.4, -0.2) is 44.6 Å². The standard InChI is InChI=1S/C22H46O4Si/c1-14(2)27(15(3)4,16(5)6)25-13-17(7)20(23)19(9)21-18(8)12-24-22(10,11)26-21/h14-21,23H,12-13H2,1-11H3/t17-,18-,19+,20+,21-/m1/s1. The lowest BCUT2D eigenvalue weighted by molar-refractivity contribution is -0.304. The van der Waals surface area contributed by atoms with Crippen molar-refractivity contribution in [3.8, 4) is 0 Å². The number of aliphatic hydroxyl groups excluding tert-OH is 1. The van der Waals surface area contributed by atoms with Crippen LogP contribution in [-0.2, 0) is 13.9 Å². The molecule has 1 heterocycles. The molecule has 4 nitrogen and oxygen atoms in total. The van der Waals surface area contributed by atoms with Crippen molar-refractivity contribution in [3.63, 3.8) is 0 Å². The van der Waals surface area contributed by atoms with E-state index < -0.39 is 20.2 Å². The van der Waals surface area contributed by atoms with Gasteiger partial charge in [0.1, 0.15) is 0 Å². The van der Waals surface area contributed by atoms with Gasteiger partial charge in [-0.05, 0) is 30.5 Å². The molecule has 0 unspecified atom stereocenters. The first-order valence-electron chi connectivity index (χ1n) is 10.9. The van der Waals surface area contributed by atoms with Crippen LogP contribution in [0, 0.1) is 17.8 Å². The minimum atomic E-state index is -1.91. The third-order valence-electron chi connectivity index (χ3n) is 6.62. The van der Waals surface area contributed by atoms with Crippen molar-refractivity contribution in [1.82, 2.24) is 0 Å². The molecule has 0 aromatic heterocycles. The Morgan fingerprint density at radius 1 is 1.00 bits per heavy atom. The highest BCUT2D eigenvalue weighted by molar-refractivity contribution is 6.77. The number of rotatable bonds is 9. The maximum Gasteiger partial charge on any atom is 0.200 e. The molecule has 0 spiro atoms. The third kappa shape index (κ3) is 5.78. The summed E-state index contributed by atoms with van der Waals surface area (Å²) in [5.74, 6) is -0.203. The van der Waals surface area contributed by atoms with Gasteiger partial charge in [-0.1, -0.05) is 62.3 Å². The highest BCUT2D eigenvalue weighted by atomic mass is 28.4. The predicted octanol–water partition coefficient (Wildman–Crippen LogP) is 5.60. The molecule has 0 bridgehead atoms. The highest BCUT2D eigenvalue weighted by Gasteiger charge is 2.46. The van der Waals surface area contributed by atoms with Crippen molar-refractivity contribution >= 4 is 8.32 Å². The molecule has 5 atom stereocenters. The van der Waals surface area contributed by atoms with Gasteiger partial charge in [0.2, 0.25) is 0 Å². The van der Waals surface area contributed by atoms with Crippen molar-refractivity contribution in [2.24, 2.45) is 17.8 Å². The normalized spacial score (nSPS) is 27.2. The van der Waals surface area contributed by atoms with Crippen LogP contribution in [0.3, 0.4) is 0 Å². The Morgan fingerprint density at radius 3 is 1.93 bits per heavy atom. The summed E-state index contributed by atoms with van der Waals surface area (Å²) >= 11 is 0. The molecule has 1 aliphatic heterocycles. The highest BCUT2D eigenvalue weighted by Crippen LogP contribution is 2.43. The quantitative estimate of drug-likeness (QED) is 0.510. The summed E-state index contributed by atoms with van der Waals surface area (Å²) in [6.45, 7) is 25.3. The monoisotopic (exact) mass is 402 g/mol. The Bertz CT molecular complexity index is 428. The van der Waals surface area contributed by atoms with Crippen molar-refractivity contribution in [3.05, 3.63) is 0 Å². The van der Waals surface area contributed by atoms with Gasteiger partial charge in [0, 0.05) is 24.4 Å². The van der Waals surface area contributed by atoms with Gasteiger partial charge in [0.15, 0.2) is 14.1 Å². The van der Waals surface area contributed by atoms with Crippen molar-refractivity contribution in [2.45, 2.75) is 111 Å². The Labute approximate surface area is 169 Å². The molecule has 0 amide bonds. The van der Waals surface area contributed by atoms with E-state index in [2.05, 4.69) is 62.3 Å². The molecule has 0 aromatic rings. The van der Waals surface area contributed by atoms with E-state index in [9.17, 15) is 5.11 Å². The summed E-state index contributed by atoms with van der Waals surface area (Å²) in [5, 5.41) is 11.1. The molecular formula is C22H46O4Si. The molecular weight excluding hydrogens is 356 g/mol. The second-order valence-corrected chi connectivity index (χ2v) is 15.7. The average molecular weight is 403 g/mol. The summed E-state index contributed by atoms with van der Waals surface area (Å²) in [6.07, 6.45) is -0.460. The predicted molar refractivity (Wildman–Crippen MR) is 115 cm³/mol. The van der Waals surface area contributed by atoms with Gasteiger partial charge in [-0.15, -0.1) is 0 Å². The Morgan fingerprint density at radius 2 is 1.48 bits per heavy atom. The summed E-state index contributed by atoms with van der Waals surface area (Å²) in [7, 11) is -1.91. The van der Waals surface area contributed by atoms with Gasteiger partial charge in [-0.3, -0.25) is 0 Å². The molecule has 1 aliphatic rings. The van der Waals surface area contributed by atoms with E-state index in [-0.39, 0.29) is 23.9 Å². The molecule has 5 heteroatoms. The van der Waals surface area contributed by atoms with E-state index in [1.807, 2.05) is 13.8 Å². The van der Waals surface area contributed by atoms with Gasteiger partial charge in [-0.2, -0.15) is 0 Å². The van der Waals surface area contributed by atoms with Crippen LogP contribution in [0.4, 0.5) is 0 Å². The van der Waals surface area contributed by atoms with E-state index >= 15 is 0 Å². The van der Waals surface area contributed by atoms with E-state index in [4.69, 9.17) is 13.9 Å². The minimum absolute atomic E-state index is 0.00602. The fourth-order valence-electron chi connectivity index (χ4n) is 5.12. The number of hydrogen-bond acceptors (Lipinski definition) is 4. The summed E-state index contributed by atoms with van der Waals surface area (Å²) in [6, 6.07) is 0. The largest absolute Gasteiger partial charge is 0.416 e. The lowest BCUT2D eigenvalue weighted by atomic mass is 9.84. The molecule has 1 fully saturated rings. The lowest BCUT2D eigenvalue weighted by Gasteiger charge is -2.45. The van der Waals surface area contributed by atoms with Crippen molar-refractivity contribution < 1.29 is 19.0 Å². The number of hydrogen-bond donors (Lipinski definition) is 1. The molecule has 1 rings (SSSR count). The van der Waals surface area contributed by atoms with E-state index in [1.54, 1.807) is 0 Å². The number of ether oxygens (including phenoxy) is 2. The van der Waals surface area contributed by atoms with E-state index in [0.717, 1.165) is 0 Å². The summed E-state index contributed by atoms with van der Waals surface area (Å²) in [5.41, 5.74) is 1.66. The zero-order valence-corrected chi connectivity index (χ0v) is 20.7. The first kappa shape index (κ1) is 25.1. The van der Waals surface area contributed by atoms with Gasteiger partial charge in [0.25, 0.3) is 0 Å². The van der Waals surface area contributed by atoms with Crippen LogP contribution in [0.15, 0.2) is 0 Å². The van der Waals surface area contributed by atoms with Crippen LogP contribution in [0.5, 0.6) is 0 Å². The van der Waals surface area contributed by atoms with Gasteiger partial charge >= 0.3 is 0 Å². The van der Waals surface area contributed by atoms with Crippen LogP contribution in [0.1, 0.15) is 76.2 Å². The van der Waals surface area contributed by atoms with E-state index in [1.165, 1.54) is 0 Å². The molecule has 1 saturated heterocycles. The Hall–Kier alpha value is 0.0569. The van der Waals surface area contributed by atoms with Crippen LogP contribution in [0.25, 0.3) is 0 Å². The second-order valence-electron chi connectivity index (χ2n) is 10.2. The zero-order valence-electron chi connectivity index (χ0n) is 19.7. The topological polar surface area (TPSA) is 47.9 Å². The number of aliphatic hydroxyl groups is 1. The minimum Gasteiger partial charge on any atom is -0.416 e. The molecule has 0 radical (unpaired) electrons. The maximum atomic E-state index is 11.1. The molecule has 0 aliphatic carbocycles. The molecule has 0 aromatic carbocycles. The maximum absolute atomic E-state index is 11.1. The van der Waals surface area contributed by atoms with Gasteiger partial charge in [-0.25, -0.2) is 0 Å². The third-order valence-corrected chi connectivity index (χ3v) is 12.7. The smallest absolute Gasteiger partial charge is 0.200 e. The first-order chi connectivity index (χ1) is 12.3. The van der Waals surface area contributed by atoms with Gasteiger partial charge < -0.3 is 19.0 Å². The molecule has 0 saturated carbocycles. The fourth-order valence-corrected chi connectivity index (χ4v) is 10.7. The fraction of sp³-hybridized carbons (Fsp3) is 1.00. The lowest BCUT2D eigenvalue weighted by Crippen LogP contribution is -2.52. The average Bonchev–Trinajstić information content (AvgIpc) is 2.55. The van der Waals surface area contributed by atoms with Crippen LogP contribution in [0.2, 0.25) is 16.6 Å². The van der Waals surface area contributed by atoms with E-state index in [0.29, 0.717) is 29.8 Å². The second kappa shape index (κ2) is 9.71. The van der Waals surface area contributed by atoms with Crippen molar-refractivity contribution in [1.29, 1.82) is 0 Å². The first-order valence-corrected chi connectivity index (χ1v) is 13.0. The Balaban J connectivity index is 2.81. The summed E-state index contributed by atoms with van der Waals surface area (Å²) < 4.78 is 18.6. The van der Waals surface area contributed by atoms with Crippen molar-refractivity contribution in [2.75, 3.05) is 13.2 Å². The molecule has 162 valence electrons. The molecule has 1 N–H and O–H groups in total.